The van der Waals surface area contributed by atoms with Gasteiger partial charge in [-0.15, -0.1) is 0 Å². The predicted molar refractivity (Wildman–Crippen MR) is 153 cm³/mol. The van der Waals surface area contributed by atoms with Crippen LogP contribution in [0, 0.1) is 28.9 Å². The number of Topliss-reactive ketones (excluding diaryl/α,β-unsaturated/α-hetero) is 2. The first-order valence-electron chi connectivity index (χ1n) is 12.9. The highest BCUT2D eigenvalue weighted by Gasteiger charge is 2.63. The van der Waals surface area contributed by atoms with E-state index in [1.54, 1.807) is 84.8 Å². The van der Waals surface area contributed by atoms with Gasteiger partial charge in [-0.2, -0.15) is 0 Å². The summed E-state index contributed by atoms with van der Waals surface area (Å²) in [6.45, 7) is 1.59. The topological polar surface area (TPSA) is 118 Å². The van der Waals surface area contributed by atoms with Crippen LogP contribution in [0.1, 0.15) is 26.3 Å². The normalized spacial score (nSPS) is 22.8. The van der Waals surface area contributed by atoms with Gasteiger partial charge in [-0.25, -0.2) is 4.90 Å². The fraction of sp³-hybridized carbons (Fsp3) is 0.161. The number of benzene rings is 3. The second-order valence-corrected chi connectivity index (χ2v) is 11.1. The second-order valence-electron chi connectivity index (χ2n) is 10.2. The molecule has 3 aromatic carbocycles. The van der Waals surface area contributed by atoms with Crippen molar-refractivity contribution in [2.45, 2.75) is 19.0 Å². The van der Waals surface area contributed by atoms with E-state index in [0.29, 0.717) is 22.3 Å². The molecular weight excluding hydrogens is 590 g/mol. The molecule has 0 spiro atoms. The smallest absolute Gasteiger partial charge is 0.269 e. The molecule has 0 radical (unpaired) electrons. The van der Waals surface area contributed by atoms with Crippen LogP contribution in [0.15, 0.2) is 101 Å². The number of amides is 2. The van der Waals surface area contributed by atoms with Crippen LogP contribution >= 0.6 is 15.9 Å². The van der Waals surface area contributed by atoms with Crippen molar-refractivity contribution in [3.8, 4) is 0 Å². The maximum Gasteiger partial charge on any atom is 0.269 e. The molecule has 3 aromatic rings. The third-order valence-electron chi connectivity index (χ3n) is 7.88. The third kappa shape index (κ3) is 4.31. The molecule has 10 heteroatoms. The maximum absolute atomic E-state index is 14.0. The molecule has 3 aliphatic rings. The average molecular weight is 612 g/mol. The Morgan fingerprint density at radius 3 is 2.24 bits per heavy atom. The predicted octanol–water partition coefficient (Wildman–Crippen LogP) is 5.04. The molecule has 9 nitrogen and oxygen atoms in total. The van der Waals surface area contributed by atoms with E-state index in [1.807, 2.05) is 0 Å². The lowest BCUT2D eigenvalue weighted by molar-refractivity contribution is -0.384. The van der Waals surface area contributed by atoms with Crippen molar-refractivity contribution >= 4 is 50.7 Å². The van der Waals surface area contributed by atoms with Crippen molar-refractivity contribution in [3.05, 3.63) is 128 Å². The van der Waals surface area contributed by atoms with Crippen molar-refractivity contribution < 1.29 is 24.1 Å². The molecule has 4 atom stereocenters. The molecule has 6 rings (SSSR count). The number of nitro benzene ring substituents is 1. The molecule has 0 bridgehead atoms. The number of aryl methyl sites for hydroxylation is 1. The van der Waals surface area contributed by atoms with Gasteiger partial charge in [-0.1, -0.05) is 64.5 Å². The van der Waals surface area contributed by atoms with Crippen LogP contribution in [-0.2, 0) is 9.59 Å². The summed E-state index contributed by atoms with van der Waals surface area (Å²) in [5.74, 6) is -3.60. The van der Waals surface area contributed by atoms with Crippen LogP contribution in [0.5, 0.6) is 0 Å². The van der Waals surface area contributed by atoms with Gasteiger partial charge in [0.2, 0.25) is 11.8 Å². The van der Waals surface area contributed by atoms with Crippen LogP contribution in [0.4, 0.5) is 11.4 Å². The van der Waals surface area contributed by atoms with E-state index >= 15 is 0 Å². The number of nitrogens with zero attached hydrogens (tertiary/aromatic N) is 3. The first-order chi connectivity index (χ1) is 19.7. The summed E-state index contributed by atoms with van der Waals surface area (Å²) in [4.78, 5) is 68.7. The van der Waals surface area contributed by atoms with E-state index in [1.165, 1.54) is 18.2 Å². The molecule has 0 aromatic heterocycles. The van der Waals surface area contributed by atoms with Crippen molar-refractivity contribution in [1.29, 1.82) is 0 Å². The van der Waals surface area contributed by atoms with Crippen LogP contribution in [-0.4, -0.2) is 45.3 Å². The molecule has 3 aliphatic heterocycles. The number of carbonyl (C=O) groups excluding carboxylic acids is 4. The highest BCUT2D eigenvalue weighted by atomic mass is 79.9. The molecule has 0 unspecified atom stereocenters. The zero-order chi connectivity index (χ0) is 29.0. The number of ketones is 2. The third-order valence-corrected chi connectivity index (χ3v) is 8.40. The molecule has 2 fully saturated rings. The average Bonchev–Trinajstić information content (AvgIpc) is 3.44. The van der Waals surface area contributed by atoms with E-state index in [2.05, 4.69) is 15.9 Å². The summed E-state index contributed by atoms with van der Waals surface area (Å²) < 4.78 is 0.785. The van der Waals surface area contributed by atoms with Crippen LogP contribution in [0.2, 0.25) is 0 Å². The molecule has 0 saturated carbocycles. The van der Waals surface area contributed by atoms with Gasteiger partial charge in [0.15, 0.2) is 11.6 Å². The number of allylic oxidation sites excluding steroid dienone is 2. The van der Waals surface area contributed by atoms with Crippen molar-refractivity contribution in [1.82, 2.24) is 4.90 Å². The number of non-ortho nitro benzene ring substituents is 1. The van der Waals surface area contributed by atoms with E-state index in [0.717, 1.165) is 9.37 Å². The second kappa shape index (κ2) is 10.0. The fourth-order valence-corrected chi connectivity index (χ4v) is 6.24. The van der Waals surface area contributed by atoms with Gasteiger partial charge in [-0.3, -0.25) is 29.3 Å². The van der Waals surface area contributed by atoms with Gasteiger partial charge in [0.1, 0.15) is 6.04 Å². The van der Waals surface area contributed by atoms with E-state index < -0.39 is 40.7 Å². The van der Waals surface area contributed by atoms with Gasteiger partial charge in [0, 0.05) is 39.5 Å². The zero-order valence-electron chi connectivity index (χ0n) is 21.6. The highest BCUT2D eigenvalue weighted by molar-refractivity contribution is 9.10. The molecule has 3 heterocycles. The lowest BCUT2D eigenvalue weighted by atomic mass is 9.85. The van der Waals surface area contributed by atoms with Crippen molar-refractivity contribution in [2.24, 2.45) is 11.8 Å². The first-order valence-corrected chi connectivity index (χ1v) is 13.7. The molecule has 0 aliphatic carbocycles. The summed E-state index contributed by atoms with van der Waals surface area (Å²) in [7, 11) is 0. The summed E-state index contributed by atoms with van der Waals surface area (Å²) in [5, 5.41) is 11.3. The van der Waals surface area contributed by atoms with Crippen molar-refractivity contribution in [2.75, 3.05) is 4.90 Å². The molecule has 204 valence electrons. The number of carbonyl (C=O) groups is 4. The maximum atomic E-state index is 14.0. The Morgan fingerprint density at radius 1 is 0.902 bits per heavy atom. The standard InChI is InChI=1S/C31H22BrN3O6/c1-17-15-22(35(40)41)11-12-23(17)34-30(38)25-24-16-20(28(36)18-5-3-2-4-6-18)13-14-33(24)27(26(25)31(34)39)29(37)19-7-9-21(32)10-8-19/h2-16,24-27H,1H3/t24-,25+,26-,27+/m1/s1. The number of hydrogen-bond donors (Lipinski definition) is 0. The Morgan fingerprint density at radius 2 is 1.59 bits per heavy atom. The number of nitro groups is 1. The Labute approximate surface area is 243 Å². The number of hydrogen-bond acceptors (Lipinski definition) is 7. The lowest BCUT2D eigenvalue weighted by Crippen LogP contribution is -2.46. The van der Waals surface area contributed by atoms with Crippen LogP contribution in [0.25, 0.3) is 0 Å². The molecular formula is C31H22BrN3O6. The van der Waals surface area contributed by atoms with Gasteiger partial charge in [0.25, 0.3) is 5.69 Å². The summed E-state index contributed by atoms with van der Waals surface area (Å²) in [6, 6.07) is 17.7. The number of halogens is 1. The Bertz CT molecular complexity index is 1700. The van der Waals surface area contributed by atoms with Gasteiger partial charge < -0.3 is 4.90 Å². The largest absolute Gasteiger partial charge is 0.359 e. The minimum atomic E-state index is -1.02. The van der Waals surface area contributed by atoms with Crippen LogP contribution < -0.4 is 4.90 Å². The lowest BCUT2D eigenvalue weighted by Gasteiger charge is -2.33. The van der Waals surface area contributed by atoms with Gasteiger partial charge >= 0.3 is 0 Å². The zero-order valence-corrected chi connectivity index (χ0v) is 23.2. The van der Waals surface area contributed by atoms with E-state index in [-0.39, 0.29) is 22.9 Å². The van der Waals surface area contributed by atoms with Gasteiger partial charge in [-0.05, 0) is 36.8 Å². The molecule has 41 heavy (non-hydrogen) atoms. The summed E-state index contributed by atoms with van der Waals surface area (Å²) >= 11 is 3.37. The molecule has 2 saturated heterocycles. The monoisotopic (exact) mass is 611 g/mol. The number of fused-ring (bicyclic) bond motifs is 3. The van der Waals surface area contributed by atoms with Crippen LogP contribution in [0.3, 0.4) is 0 Å². The fourth-order valence-electron chi connectivity index (χ4n) is 5.98. The Balaban J connectivity index is 1.44. The Kier molecular flexibility index (Phi) is 6.50. The molecule has 0 N–H and O–H groups in total. The summed E-state index contributed by atoms with van der Waals surface area (Å²) in [5.41, 5.74) is 1.67. The van der Waals surface area contributed by atoms with E-state index in [4.69, 9.17) is 0 Å². The van der Waals surface area contributed by atoms with Crippen molar-refractivity contribution in [3.63, 3.8) is 0 Å². The SMILES string of the molecule is Cc1cc([N+](=O)[O-])ccc1N1C(=O)[C@@H]2[C@@H](C1=O)[C@@H](C(=O)c1ccc(Br)cc1)N1C=CC(C(=O)c3ccccc3)=C[C@H]21. The van der Waals surface area contributed by atoms with E-state index in [9.17, 15) is 29.3 Å². The minimum Gasteiger partial charge on any atom is -0.359 e. The molecule has 2 amide bonds. The first kappa shape index (κ1) is 26.5. The summed E-state index contributed by atoms with van der Waals surface area (Å²) in [6.07, 6.45) is 4.91. The van der Waals surface area contributed by atoms with Gasteiger partial charge in [0.05, 0.1) is 28.5 Å². The minimum absolute atomic E-state index is 0.163. The number of anilines is 1. The highest BCUT2D eigenvalue weighted by Crippen LogP contribution is 2.47. The number of rotatable bonds is 6. The number of imide groups is 1. The Hall–Kier alpha value is -4.70. The quantitative estimate of drug-likeness (QED) is 0.166.